The van der Waals surface area contributed by atoms with Gasteiger partial charge in [-0.25, -0.2) is 0 Å². The first-order valence-electron chi connectivity index (χ1n) is 15.3. The van der Waals surface area contributed by atoms with Gasteiger partial charge in [0.05, 0.1) is 31.1 Å². The summed E-state index contributed by atoms with van der Waals surface area (Å²) in [5, 5.41) is 12.5. The molecule has 9 heteroatoms. The van der Waals surface area contributed by atoms with Crippen LogP contribution in [0.15, 0.2) is 59.6 Å². The highest BCUT2D eigenvalue weighted by molar-refractivity contribution is 6.04. The van der Waals surface area contributed by atoms with Crippen molar-refractivity contribution in [1.29, 1.82) is 0 Å². The fourth-order valence-electron chi connectivity index (χ4n) is 6.48. The maximum Gasteiger partial charge on any atom is 0.227 e. The molecule has 0 bridgehead atoms. The summed E-state index contributed by atoms with van der Waals surface area (Å²) in [6.45, 7) is 5.02. The molecule has 4 aromatic carbocycles. The first kappa shape index (κ1) is 30.0. The number of methoxy groups -OCH3 is 1. The molecule has 0 unspecified atom stereocenters. The number of aliphatic imine (C=N–C) groups is 1. The lowest BCUT2D eigenvalue weighted by Gasteiger charge is -2.19. The number of hydrogen-bond acceptors (Lipinski definition) is 7. The van der Waals surface area contributed by atoms with Gasteiger partial charge in [0.2, 0.25) is 12.3 Å². The molecule has 6 rings (SSSR count). The van der Waals surface area contributed by atoms with Gasteiger partial charge in [0.1, 0.15) is 5.75 Å². The summed E-state index contributed by atoms with van der Waals surface area (Å²) in [6.07, 6.45) is 5.78. The lowest BCUT2D eigenvalue weighted by Crippen LogP contribution is -2.31. The average Bonchev–Trinajstić information content (AvgIpc) is 3.61. The van der Waals surface area contributed by atoms with Crippen molar-refractivity contribution in [3.63, 3.8) is 0 Å². The summed E-state index contributed by atoms with van der Waals surface area (Å²) < 4.78 is 11.7. The number of hydrogen-bond donors (Lipinski definition) is 2. The van der Waals surface area contributed by atoms with Crippen LogP contribution in [-0.2, 0) is 22.4 Å². The monoisotopic (exact) mass is 606 g/mol. The van der Waals surface area contributed by atoms with Crippen LogP contribution in [0.25, 0.3) is 10.8 Å². The highest BCUT2D eigenvalue weighted by Gasteiger charge is 2.29. The SMILES string of the molecule is COc1cc(C)c(N=C[C@@H]2Cc3ccc(N)cc3N2C=O)cc1OCCCCC(=O)N1CCc2c1cc(O)c1cccc(C)c21. The van der Waals surface area contributed by atoms with Crippen molar-refractivity contribution >= 4 is 52.1 Å². The second-order valence-electron chi connectivity index (χ2n) is 11.7. The Morgan fingerprint density at radius 2 is 1.91 bits per heavy atom. The Morgan fingerprint density at radius 3 is 2.71 bits per heavy atom. The van der Waals surface area contributed by atoms with Crippen LogP contribution in [0.1, 0.15) is 41.5 Å². The van der Waals surface area contributed by atoms with E-state index in [-0.39, 0.29) is 17.7 Å². The minimum absolute atomic E-state index is 0.0479. The number of phenols is 1. The third-order valence-electron chi connectivity index (χ3n) is 8.81. The topological polar surface area (TPSA) is 118 Å². The summed E-state index contributed by atoms with van der Waals surface area (Å²) in [5.41, 5.74) is 13.1. The Bertz CT molecular complexity index is 1820. The number of carbonyl (C=O) groups is 2. The number of nitrogens with zero attached hydrogens (tertiary/aromatic N) is 3. The number of benzene rings is 4. The zero-order chi connectivity index (χ0) is 31.7. The zero-order valence-electron chi connectivity index (χ0n) is 25.9. The molecule has 2 aliphatic heterocycles. The molecular formula is C36H38N4O5. The molecule has 0 aliphatic carbocycles. The van der Waals surface area contributed by atoms with E-state index in [1.807, 2.05) is 62.4 Å². The molecule has 4 aromatic rings. The minimum Gasteiger partial charge on any atom is -0.507 e. The maximum absolute atomic E-state index is 13.2. The van der Waals surface area contributed by atoms with Crippen molar-refractivity contribution < 1.29 is 24.2 Å². The first-order chi connectivity index (χ1) is 21.8. The Labute approximate surface area is 262 Å². The third kappa shape index (κ3) is 5.78. The molecule has 2 heterocycles. The van der Waals surface area contributed by atoms with E-state index in [0.29, 0.717) is 56.0 Å². The molecule has 0 saturated carbocycles. The highest BCUT2D eigenvalue weighted by Crippen LogP contribution is 2.41. The Kier molecular flexibility index (Phi) is 8.34. The number of ether oxygens (including phenoxy) is 2. The Morgan fingerprint density at radius 1 is 1.07 bits per heavy atom. The fraction of sp³-hybridized carbons (Fsp3) is 0.306. The molecule has 0 saturated heterocycles. The number of fused-ring (bicyclic) bond motifs is 4. The van der Waals surface area contributed by atoms with E-state index in [1.165, 1.54) is 0 Å². The van der Waals surface area contributed by atoms with Gasteiger partial charge < -0.3 is 30.1 Å². The number of anilines is 3. The fourth-order valence-corrected chi connectivity index (χ4v) is 6.48. The largest absolute Gasteiger partial charge is 0.507 e. The van der Waals surface area contributed by atoms with Gasteiger partial charge in [-0.15, -0.1) is 0 Å². The van der Waals surface area contributed by atoms with Crippen molar-refractivity contribution in [3.8, 4) is 17.2 Å². The van der Waals surface area contributed by atoms with Gasteiger partial charge in [-0.3, -0.25) is 14.6 Å². The number of unbranched alkanes of at least 4 members (excludes halogenated alkanes) is 1. The second-order valence-corrected chi connectivity index (χ2v) is 11.7. The number of rotatable bonds is 10. The Hall–Kier alpha value is -5.05. The average molecular weight is 607 g/mol. The van der Waals surface area contributed by atoms with Crippen LogP contribution < -0.4 is 25.0 Å². The molecule has 1 atom stereocenters. The molecular weight excluding hydrogens is 568 g/mol. The van der Waals surface area contributed by atoms with Crippen LogP contribution in [0.4, 0.5) is 22.7 Å². The van der Waals surface area contributed by atoms with Gasteiger partial charge in [0, 0.05) is 54.5 Å². The van der Waals surface area contributed by atoms with Crippen molar-refractivity contribution in [3.05, 3.63) is 76.9 Å². The predicted octanol–water partition coefficient (Wildman–Crippen LogP) is 6.18. The quantitative estimate of drug-likeness (QED) is 0.0964. The van der Waals surface area contributed by atoms with Crippen molar-refractivity contribution in [2.24, 2.45) is 4.99 Å². The number of nitrogen functional groups attached to an aromatic ring is 1. The van der Waals surface area contributed by atoms with Crippen LogP contribution >= 0.6 is 0 Å². The van der Waals surface area contributed by atoms with E-state index in [9.17, 15) is 14.7 Å². The molecule has 0 radical (unpaired) electrons. The predicted molar refractivity (Wildman–Crippen MR) is 179 cm³/mol. The summed E-state index contributed by atoms with van der Waals surface area (Å²) in [6, 6.07) is 16.8. The lowest BCUT2D eigenvalue weighted by molar-refractivity contribution is -0.118. The van der Waals surface area contributed by atoms with Crippen LogP contribution in [0.2, 0.25) is 0 Å². The third-order valence-corrected chi connectivity index (χ3v) is 8.81. The normalized spacial score (nSPS) is 15.5. The van der Waals surface area contributed by atoms with Crippen LogP contribution in [0, 0.1) is 13.8 Å². The molecule has 9 nitrogen and oxygen atoms in total. The lowest BCUT2D eigenvalue weighted by atomic mass is 9.97. The molecule has 0 spiro atoms. The number of aromatic hydroxyl groups is 1. The van der Waals surface area contributed by atoms with Crippen LogP contribution in [-0.4, -0.2) is 49.9 Å². The smallest absolute Gasteiger partial charge is 0.227 e. The number of aryl methyl sites for hydroxylation is 2. The van der Waals surface area contributed by atoms with Crippen LogP contribution in [0.5, 0.6) is 17.2 Å². The van der Waals surface area contributed by atoms with E-state index in [0.717, 1.165) is 62.9 Å². The molecule has 45 heavy (non-hydrogen) atoms. The Balaban J connectivity index is 1.07. The van der Waals surface area contributed by atoms with E-state index in [1.54, 1.807) is 29.2 Å². The zero-order valence-corrected chi connectivity index (χ0v) is 25.9. The van der Waals surface area contributed by atoms with E-state index in [2.05, 4.69) is 0 Å². The van der Waals surface area contributed by atoms with E-state index < -0.39 is 0 Å². The standard InChI is InChI=1S/C36H38N4O5/c1-22-7-6-8-28-32(42)19-31-27(36(22)28)12-13-39(31)35(43)9-4-5-14-45-34-18-29(23(2)15-33(34)44-3)38-20-26-16-24-10-11-25(37)17-30(24)40(26)21-41/h6-8,10-11,15,17-21,26,42H,4-5,9,12-14,16,37H2,1-3H3/t26-/m0/s1. The number of carbonyl (C=O) groups excluding carboxylic acids is 2. The van der Waals surface area contributed by atoms with Gasteiger partial charge in [-0.2, -0.15) is 0 Å². The molecule has 0 aromatic heterocycles. The number of phenolic OH excluding ortho intramolecular Hbond substituents is 1. The van der Waals surface area contributed by atoms with Crippen molar-refractivity contribution in [2.45, 2.75) is 52.0 Å². The van der Waals surface area contributed by atoms with Gasteiger partial charge in [0.25, 0.3) is 0 Å². The van der Waals surface area contributed by atoms with Crippen LogP contribution in [0.3, 0.4) is 0 Å². The summed E-state index contributed by atoms with van der Waals surface area (Å²) in [4.78, 5) is 33.3. The molecule has 0 fully saturated rings. The van der Waals surface area contributed by atoms with Gasteiger partial charge >= 0.3 is 0 Å². The summed E-state index contributed by atoms with van der Waals surface area (Å²) in [5.74, 6) is 1.43. The summed E-state index contributed by atoms with van der Waals surface area (Å²) in [7, 11) is 1.60. The van der Waals surface area contributed by atoms with E-state index >= 15 is 0 Å². The van der Waals surface area contributed by atoms with Crippen molar-refractivity contribution in [2.75, 3.05) is 35.8 Å². The molecule has 2 amide bonds. The van der Waals surface area contributed by atoms with Gasteiger partial charge in [0.15, 0.2) is 11.5 Å². The first-order valence-corrected chi connectivity index (χ1v) is 15.3. The van der Waals surface area contributed by atoms with Crippen molar-refractivity contribution in [1.82, 2.24) is 0 Å². The second kappa shape index (κ2) is 12.5. The maximum atomic E-state index is 13.2. The highest BCUT2D eigenvalue weighted by atomic mass is 16.5. The minimum atomic E-state index is -0.211. The molecule has 2 aliphatic rings. The molecule has 232 valence electrons. The summed E-state index contributed by atoms with van der Waals surface area (Å²) >= 11 is 0. The van der Waals surface area contributed by atoms with Gasteiger partial charge in [-0.05, 0) is 78.9 Å². The van der Waals surface area contributed by atoms with E-state index in [4.69, 9.17) is 20.2 Å². The molecule has 3 N–H and O–H groups in total. The van der Waals surface area contributed by atoms with Gasteiger partial charge in [-0.1, -0.05) is 24.3 Å². The number of nitrogens with two attached hydrogens (primary N) is 1. The number of amides is 2.